The van der Waals surface area contributed by atoms with Crippen LogP contribution in [0.5, 0.6) is 0 Å². The second-order valence-electron chi connectivity index (χ2n) is 6.01. The fourth-order valence-electron chi connectivity index (χ4n) is 3.23. The highest BCUT2D eigenvalue weighted by Gasteiger charge is 2.29. The Labute approximate surface area is 125 Å². The zero-order valence-corrected chi connectivity index (χ0v) is 12.7. The van der Waals surface area contributed by atoms with Gasteiger partial charge in [-0.15, -0.1) is 0 Å². The van der Waals surface area contributed by atoms with Crippen LogP contribution in [0.4, 0.5) is 0 Å². The van der Waals surface area contributed by atoms with Crippen molar-refractivity contribution in [2.24, 2.45) is 17.7 Å². The van der Waals surface area contributed by atoms with Crippen molar-refractivity contribution in [3.63, 3.8) is 0 Å². The number of likely N-dealkylation sites (tertiary alicyclic amines) is 2. The van der Waals surface area contributed by atoms with Crippen LogP contribution < -0.4 is 11.3 Å². The number of carbonyl (C=O) groups excluding carboxylic acids is 2. The number of rotatable bonds is 5. The standard InChI is InChI=1S/C14H26N4O3/c1-21-10-11-2-5-17(8-11)9-13(19)18-6-3-12(4-7-18)14(20)16-15/h11-12H,2-10,15H2,1H3,(H,16,20). The predicted octanol–water partition coefficient (Wildman–Crippen LogP) is -0.817. The van der Waals surface area contributed by atoms with Crippen LogP contribution in [-0.4, -0.2) is 68.1 Å². The number of nitrogens with two attached hydrogens (primary N) is 1. The van der Waals surface area contributed by atoms with Gasteiger partial charge >= 0.3 is 0 Å². The number of hydrogen-bond acceptors (Lipinski definition) is 5. The van der Waals surface area contributed by atoms with Crippen LogP contribution >= 0.6 is 0 Å². The van der Waals surface area contributed by atoms with Crippen LogP contribution in [0.2, 0.25) is 0 Å². The van der Waals surface area contributed by atoms with E-state index in [0.717, 1.165) is 26.1 Å². The lowest BCUT2D eigenvalue weighted by Crippen LogP contribution is -2.47. The Kier molecular flexibility index (Phi) is 5.96. The second-order valence-corrected chi connectivity index (χ2v) is 6.01. The first kappa shape index (κ1) is 16.2. The summed E-state index contributed by atoms with van der Waals surface area (Å²) in [5.74, 6) is 5.68. The van der Waals surface area contributed by atoms with Crippen LogP contribution in [0.1, 0.15) is 19.3 Å². The molecule has 7 nitrogen and oxygen atoms in total. The van der Waals surface area contributed by atoms with Gasteiger partial charge in [-0.1, -0.05) is 0 Å². The van der Waals surface area contributed by atoms with Crippen LogP contribution in [0.15, 0.2) is 0 Å². The van der Waals surface area contributed by atoms with Gasteiger partial charge in [-0.25, -0.2) is 5.84 Å². The molecule has 2 fully saturated rings. The Morgan fingerprint density at radius 2 is 1.95 bits per heavy atom. The summed E-state index contributed by atoms with van der Waals surface area (Å²) in [6.45, 7) is 4.44. The van der Waals surface area contributed by atoms with Gasteiger partial charge < -0.3 is 9.64 Å². The van der Waals surface area contributed by atoms with Gasteiger partial charge in [-0.3, -0.25) is 19.9 Å². The summed E-state index contributed by atoms with van der Waals surface area (Å²) in [5, 5.41) is 0. The van der Waals surface area contributed by atoms with Gasteiger partial charge in [0.25, 0.3) is 0 Å². The number of ether oxygens (including phenoxy) is 1. The van der Waals surface area contributed by atoms with E-state index in [2.05, 4.69) is 10.3 Å². The minimum Gasteiger partial charge on any atom is -0.384 e. The van der Waals surface area contributed by atoms with Crippen LogP contribution in [0.3, 0.4) is 0 Å². The number of nitrogens with one attached hydrogen (secondary N) is 1. The molecular formula is C14H26N4O3. The first-order chi connectivity index (χ1) is 10.1. The summed E-state index contributed by atoms with van der Waals surface area (Å²) in [7, 11) is 1.72. The van der Waals surface area contributed by atoms with E-state index >= 15 is 0 Å². The molecule has 0 spiro atoms. The van der Waals surface area contributed by atoms with Crippen molar-refractivity contribution in [1.29, 1.82) is 0 Å². The molecule has 2 aliphatic rings. The van der Waals surface area contributed by atoms with Gasteiger partial charge in [0.1, 0.15) is 0 Å². The lowest BCUT2D eigenvalue weighted by molar-refractivity contribution is -0.136. The molecule has 0 bridgehead atoms. The minimum atomic E-state index is -0.121. The quantitative estimate of drug-likeness (QED) is 0.393. The van der Waals surface area contributed by atoms with Crippen molar-refractivity contribution in [2.75, 3.05) is 46.4 Å². The molecule has 0 aromatic heterocycles. The largest absolute Gasteiger partial charge is 0.384 e. The number of nitrogens with zero attached hydrogens (tertiary/aromatic N) is 2. The lowest BCUT2D eigenvalue weighted by Gasteiger charge is -2.32. The van der Waals surface area contributed by atoms with Gasteiger partial charge in [0.05, 0.1) is 13.2 Å². The lowest BCUT2D eigenvalue weighted by atomic mass is 9.96. The Balaban J connectivity index is 1.72. The number of piperidine rings is 1. The highest BCUT2D eigenvalue weighted by Crippen LogP contribution is 2.19. The van der Waals surface area contributed by atoms with Gasteiger partial charge in [0.15, 0.2) is 0 Å². The summed E-state index contributed by atoms with van der Waals surface area (Å²) >= 11 is 0. The average Bonchev–Trinajstić information content (AvgIpc) is 2.94. The monoisotopic (exact) mass is 298 g/mol. The number of carbonyl (C=O) groups is 2. The summed E-state index contributed by atoms with van der Waals surface area (Å²) in [6, 6.07) is 0. The van der Waals surface area contributed by atoms with E-state index in [4.69, 9.17) is 10.6 Å². The number of hydrogen-bond donors (Lipinski definition) is 2. The SMILES string of the molecule is COCC1CCN(CC(=O)N2CCC(C(=O)NN)CC2)C1. The molecule has 0 aromatic rings. The fourth-order valence-corrected chi connectivity index (χ4v) is 3.23. The molecule has 0 radical (unpaired) electrons. The number of methoxy groups -OCH3 is 1. The third kappa shape index (κ3) is 4.39. The molecule has 0 saturated carbocycles. The highest BCUT2D eigenvalue weighted by atomic mass is 16.5. The normalized spacial score (nSPS) is 24.3. The molecular weight excluding hydrogens is 272 g/mol. The maximum atomic E-state index is 12.3. The molecule has 0 aromatic carbocycles. The maximum absolute atomic E-state index is 12.3. The van der Waals surface area contributed by atoms with E-state index in [9.17, 15) is 9.59 Å². The molecule has 120 valence electrons. The molecule has 2 saturated heterocycles. The van der Waals surface area contributed by atoms with Crippen molar-refractivity contribution in [2.45, 2.75) is 19.3 Å². The van der Waals surface area contributed by atoms with E-state index in [-0.39, 0.29) is 17.7 Å². The fraction of sp³-hybridized carbons (Fsp3) is 0.857. The van der Waals surface area contributed by atoms with E-state index in [1.165, 1.54) is 0 Å². The van der Waals surface area contributed by atoms with Gasteiger partial charge in [-0.05, 0) is 31.7 Å². The van der Waals surface area contributed by atoms with Gasteiger partial charge in [0.2, 0.25) is 11.8 Å². The molecule has 7 heteroatoms. The summed E-state index contributed by atoms with van der Waals surface area (Å²) in [5.41, 5.74) is 2.19. The second kappa shape index (κ2) is 7.72. The molecule has 3 N–H and O–H groups in total. The molecule has 1 unspecified atom stereocenters. The maximum Gasteiger partial charge on any atom is 0.237 e. The van der Waals surface area contributed by atoms with Gasteiger partial charge in [-0.2, -0.15) is 0 Å². The van der Waals surface area contributed by atoms with E-state index in [1.807, 2.05) is 4.90 Å². The third-order valence-corrected chi connectivity index (χ3v) is 4.49. The molecule has 1 atom stereocenters. The molecule has 0 aliphatic carbocycles. The molecule has 2 amide bonds. The van der Waals surface area contributed by atoms with E-state index in [0.29, 0.717) is 38.4 Å². The zero-order valence-electron chi connectivity index (χ0n) is 12.7. The van der Waals surface area contributed by atoms with Crippen molar-refractivity contribution in [3.8, 4) is 0 Å². The highest BCUT2D eigenvalue weighted by molar-refractivity contribution is 5.80. The van der Waals surface area contributed by atoms with Crippen molar-refractivity contribution in [3.05, 3.63) is 0 Å². The van der Waals surface area contributed by atoms with Crippen LogP contribution in [0, 0.1) is 11.8 Å². The van der Waals surface area contributed by atoms with Crippen molar-refractivity contribution < 1.29 is 14.3 Å². The Bertz CT molecular complexity index is 369. The topological polar surface area (TPSA) is 87.9 Å². The first-order valence-corrected chi connectivity index (χ1v) is 7.63. The zero-order chi connectivity index (χ0) is 15.2. The molecule has 2 rings (SSSR count). The number of hydrazine groups is 1. The van der Waals surface area contributed by atoms with Crippen LogP contribution in [0.25, 0.3) is 0 Å². The Morgan fingerprint density at radius 1 is 1.24 bits per heavy atom. The van der Waals surface area contributed by atoms with Crippen molar-refractivity contribution >= 4 is 11.8 Å². The first-order valence-electron chi connectivity index (χ1n) is 7.63. The van der Waals surface area contributed by atoms with Crippen molar-refractivity contribution in [1.82, 2.24) is 15.2 Å². The summed E-state index contributed by atoms with van der Waals surface area (Å²) in [4.78, 5) is 27.8. The molecule has 21 heavy (non-hydrogen) atoms. The third-order valence-electron chi connectivity index (χ3n) is 4.49. The van der Waals surface area contributed by atoms with E-state index in [1.54, 1.807) is 7.11 Å². The van der Waals surface area contributed by atoms with Crippen LogP contribution in [-0.2, 0) is 14.3 Å². The van der Waals surface area contributed by atoms with Gasteiger partial charge in [0, 0.05) is 32.7 Å². The molecule has 2 aliphatic heterocycles. The minimum absolute atomic E-state index is 0.0584. The number of amides is 2. The summed E-state index contributed by atoms with van der Waals surface area (Å²) in [6.07, 6.45) is 2.49. The smallest absolute Gasteiger partial charge is 0.237 e. The predicted molar refractivity (Wildman–Crippen MR) is 78.1 cm³/mol. The van der Waals surface area contributed by atoms with E-state index < -0.39 is 0 Å². The Morgan fingerprint density at radius 3 is 2.57 bits per heavy atom. The molecule has 2 heterocycles. The summed E-state index contributed by atoms with van der Waals surface area (Å²) < 4.78 is 5.17. The Hall–Kier alpha value is -1.18. The average molecular weight is 298 g/mol.